The second-order valence-electron chi connectivity index (χ2n) is 6.72. The van der Waals surface area contributed by atoms with Crippen LogP contribution in [0.2, 0.25) is 0 Å². The van der Waals surface area contributed by atoms with Gasteiger partial charge < -0.3 is 4.90 Å². The van der Waals surface area contributed by atoms with Gasteiger partial charge in [0, 0.05) is 11.3 Å². The van der Waals surface area contributed by atoms with Gasteiger partial charge in [0.15, 0.2) is 0 Å². The van der Waals surface area contributed by atoms with Crippen LogP contribution in [0.4, 0.5) is 13.2 Å². The van der Waals surface area contributed by atoms with Crippen LogP contribution in [0.15, 0.2) is 24.3 Å². The molecule has 1 fully saturated rings. The van der Waals surface area contributed by atoms with E-state index in [1.54, 1.807) is 17.4 Å². The van der Waals surface area contributed by atoms with Gasteiger partial charge in [-0.15, -0.1) is 11.3 Å². The van der Waals surface area contributed by atoms with Gasteiger partial charge in [-0.3, -0.25) is 0 Å². The molecule has 1 aliphatic rings. The Morgan fingerprint density at radius 3 is 2.60 bits per heavy atom. The summed E-state index contributed by atoms with van der Waals surface area (Å²) in [6.07, 6.45) is -0.689. The molecule has 0 amide bonds. The smallest absolute Gasteiger partial charge is 0.306 e. The molecule has 136 valence electrons. The number of alkyl halides is 3. The second-order valence-corrected chi connectivity index (χ2v) is 7.84. The highest BCUT2D eigenvalue weighted by Crippen LogP contribution is 2.36. The van der Waals surface area contributed by atoms with Crippen molar-refractivity contribution in [2.24, 2.45) is 0 Å². The van der Waals surface area contributed by atoms with Gasteiger partial charge in [-0.05, 0) is 56.9 Å². The van der Waals surface area contributed by atoms with Crippen molar-refractivity contribution in [2.45, 2.75) is 44.7 Å². The van der Waals surface area contributed by atoms with E-state index in [0.717, 1.165) is 49.1 Å². The van der Waals surface area contributed by atoms with E-state index in [4.69, 9.17) is 4.98 Å². The standard InChI is InChI=1S/C19H23F3N2S/c1-3-16-18(14-7-9-24(2)10-8-14)25-17(23-16)12-13-5-4-6-15(11-13)19(20,21)22/h4-6,11,14H,3,7-10,12H2,1-2H3. The number of hydrogen-bond donors (Lipinski definition) is 0. The lowest BCUT2D eigenvalue weighted by atomic mass is 9.94. The first-order valence-corrected chi connectivity index (χ1v) is 9.51. The zero-order valence-corrected chi connectivity index (χ0v) is 15.4. The maximum atomic E-state index is 12.9. The number of likely N-dealkylation sites (tertiary alicyclic amines) is 1. The van der Waals surface area contributed by atoms with E-state index in [-0.39, 0.29) is 0 Å². The minimum Gasteiger partial charge on any atom is -0.306 e. The molecule has 0 aliphatic carbocycles. The summed E-state index contributed by atoms with van der Waals surface area (Å²) >= 11 is 1.69. The monoisotopic (exact) mass is 368 g/mol. The van der Waals surface area contributed by atoms with Crippen molar-refractivity contribution in [2.75, 3.05) is 20.1 Å². The second kappa shape index (κ2) is 7.46. The predicted molar refractivity (Wildman–Crippen MR) is 95.2 cm³/mol. The number of halogens is 3. The number of rotatable bonds is 4. The van der Waals surface area contributed by atoms with Crippen molar-refractivity contribution in [1.82, 2.24) is 9.88 Å². The van der Waals surface area contributed by atoms with Crippen LogP contribution in [0.3, 0.4) is 0 Å². The molecule has 0 atom stereocenters. The van der Waals surface area contributed by atoms with Crippen LogP contribution in [0.25, 0.3) is 0 Å². The predicted octanol–water partition coefficient (Wildman–Crippen LogP) is 5.12. The first-order valence-electron chi connectivity index (χ1n) is 8.70. The molecule has 0 spiro atoms. The molecule has 6 heteroatoms. The maximum Gasteiger partial charge on any atom is 0.416 e. The molecule has 0 unspecified atom stereocenters. The van der Waals surface area contributed by atoms with Crippen LogP contribution < -0.4 is 0 Å². The lowest BCUT2D eigenvalue weighted by Gasteiger charge is -2.28. The average Bonchev–Trinajstić information content (AvgIpc) is 2.98. The maximum absolute atomic E-state index is 12.9. The average molecular weight is 368 g/mol. The third-order valence-corrected chi connectivity index (χ3v) is 6.07. The quantitative estimate of drug-likeness (QED) is 0.744. The molecule has 0 N–H and O–H groups in total. The molecule has 1 saturated heterocycles. The normalized spacial score (nSPS) is 17.2. The zero-order valence-electron chi connectivity index (χ0n) is 14.6. The number of thiazole rings is 1. The van der Waals surface area contributed by atoms with Gasteiger partial charge in [0.2, 0.25) is 0 Å². The molecule has 2 nitrogen and oxygen atoms in total. The molecule has 0 radical (unpaired) electrons. The van der Waals surface area contributed by atoms with E-state index >= 15 is 0 Å². The Bertz CT molecular complexity index is 716. The van der Waals surface area contributed by atoms with Crippen LogP contribution in [-0.4, -0.2) is 30.0 Å². The van der Waals surface area contributed by atoms with E-state index in [1.807, 2.05) is 0 Å². The SMILES string of the molecule is CCc1nc(Cc2cccc(C(F)(F)F)c2)sc1C1CCN(C)CC1. The lowest BCUT2D eigenvalue weighted by Crippen LogP contribution is -2.29. The van der Waals surface area contributed by atoms with Gasteiger partial charge in [-0.25, -0.2) is 4.98 Å². The van der Waals surface area contributed by atoms with Crippen molar-refractivity contribution in [3.63, 3.8) is 0 Å². The highest BCUT2D eigenvalue weighted by atomic mass is 32.1. The Balaban J connectivity index is 1.80. The van der Waals surface area contributed by atoms with Crippen molar-refractivity contribution >= 4 is 11.3 Å². The lowest BCUT2D eigenvalue weighted by molar-refractivity contribution is -0.137. The van der Waals surface area contributed by atoms with E-state index in [0.29, 0.717) is 17.9 Å². The van der Waals surface area contributed by atoms with E-state index in [1.165, 1.54) is 17.0 Å². The number of aromatic nitrogens is 1. The molecule has 3 rings (SSSR count). The fourth-order valence-corrected chi connectivity index (χ4v) is 4.72. The van der Waals surface area contributed by atoms with Crippen LogP contribution in [0, 0.1) is 0 Å². The van der Waals surface area contributed by atoms with Gasteiger partial charge in [-0.2, -0.15) is 13.2 Å². The van der Waals surface area contributed by atoms with Crippen LogP contribution in [0.5, 0.6) is 0 Å². The summed E-state index contributed by atoms with van der Waals surface area (Å²) in [5.41, 5.74) is 1.20. The topological polar surface area (TPSA) is 16.1 Å². The molecular weight excluding hydrogens is 345 g/mol. The number of hydrogen-bond acceptors (Lipinski definition) is 3. The van der Waals surface area contributed by atoms with E-state index in [2.05, 4.69) is 18.9 Å². The number of piperidine rings is 1. The van der Waals surface area contributed by atoms with Crippen LogP contribution in [0.1, 0.15) is 52.4 Å². The molecule has 0 saturated carbocycles. The number of benzene rings is 1. The summed E-state index contributed by atoms with van der Waals surface area (Å²) in [6.45, 7) is 4.28. The van der Waals surface area contributed by atoms with Crippen molar-refractivity contribution in [3.05, 3.63) is 51.0 Å². The molecule has 0 bridgehead atoms. The van der Waals surface area contributed by atoms with Crippen LogP contribution in [-0.2, 0) is 19.0 Å². The highest BCUT2D eigenvalue weighted by molar-refractivity contribution is 7.11. The Morgan fingerprint density at radius 2 is 1.96 bits per heavy atom. The third kappa shape index (κ3) is 4.42. The summed E-state index contributed by atoms with van der Waals surface area (Å²) in [4.78, 5) is 8.42. The summed E-state index contributed by atoms with van der Waals surface area (Å²) in [6, 6.07) is 5.58. The largest absolute Gasteiger partial charge is 0.416 e. The van der Waals surface area contributed by atoms with Crippen molar-refractivity contribution in [3.8, 4) is 0 Å². The van der Waals surface area contributed by atoms with Gasteiger partial charge in [0.1, 0.15) is 0 Å². The molecular formula is C19H23F3N2S. The van der Waals surface area contributed by atoms with Gasteiger partial charge in [-0.1, -0.05) is 25.1 Å². The first-order chi connectivity index (χ1) is 11.9. The van der Waals surface area contributed by atoms with E-state index in [9.17, 15) is 13.2 Å². The zero-order chi connectivity index (χ0) is 18.0. The summed E-state index contributed by atoms with van der Waals surface area (Å²) in [5.74, 6) is 0.541. The fourth-order valence-electron chi connectivity index (χ4n) is 3.37. The first kappa shape index (κ1) is 18.4. The van der Waals surface area contributed by atoms with Gasteiger partial charge >= 0.3 is 6.18 Å². The minimum absolute atomic E-state index is 0.466. The fraction of sp³-hybridized carbons (Fsp3) is 0.526. The Labute approximate surface area is 150 Å². The summed E-state index contributed by atoms with van der Waals surface area (Å²) in [5, 5.41) is 0.921. The molecule has 2 heterocycles. The van der Waals surface area contributed by atoms with Crippen molar-refractivity contribution in [1.29, 1.82) is 0 Å². The minimum atomic E-state index is -4.30. The van der Waals surface area contributed by atoms with Crippen LogP contribution >= 0.6 is 11.3 Å². The third-order valence-electron chi connectivity index (χ3n) is 4.81. The molecule has 1 aromatic heterocycles. The molecule has 25 heavy (non-hydrogen) atoms. The summed E-state index contributed by atoms with van der Waals surface area (Å²) < 4.78 is 38.7. The Kier molecular flexibility index (Phi) is 5.49. The Hall–Kier alpha value is -1.40. The molecule has 2 aromatic rings. The van der Waals surface area contributed by atoms with Gasteiger partial charge in [0.25, 0.3) is 0 Å². The number of nitrogens with zero attached hydrogens (tertiary/aromatic N) is 2. The van der Waals surface area contributed by atoms with Crippen molar-refractivity contribution < 1.29 is 13.2 Å². The van der Waals surface area contributed by atoms with Gasteiger partial charge in [0.05, 0.1) is 16.3 Å². The van der Waals surface area contributed by atoms with E-state index < -0.39 is 11.7 Å². The molecule has 1 aromatic carbocycles. The molecule has 1 aliphatic heterocycles. The highest BCUT2D eigenvalue weighted by Gasteiger charge is 2.30. The summed E-state index contributed by atoms with van der Waals surface area (Å²) in [7, 11) is 2.14. The Morgan fingerprint density at radius 1 is 1.24 bits per heavy atom. The number of aryl methyl sites for hydroxylation is 1.